The number of hydrogen-bond acceptors (Lipinski definition) is 4. The molecule has 1 heterocycles. The van der Waals surface area contributed by atoms with Crippen molar-refractivity contribution in [3.63, 3.8) is 0 Å². The molecule has 2 aromatic rings. The van der Waals surface area contributed by atoms with Gasteiger partial charge in [-0.1, -0.05) is 18.2 Å². The van der Waals surface area contributed by atoms with Crippen LogP contribution in [0.15, 0.2) is 58.5 Å². The Bertz CT molecular complexity index is 801. The van der Waals surface area contributed by atoms with Crippen LogP contribution in [0.3, 0.4) is 0 Å². The summed E-state index contributed by atoms with van der Waals surface area (Å²) in [6, 6.07) is 10.9. The van der Waals surface area contributed by atoms with Gasteiger partial charge in [0.2, 0.25) is 0 Å². The molecule has 136 valence electrons. The van der Waals surface area contributed by atoms with Gasteiger partial charge in [0.15, 0.2) is 15.8 Å². The molecule has 0 bridgehead atoms. The SMILES string of the molecule is I.NC(=NCCS(=O)(=O)c1ccccc1F)NCCc1ccccn1. The number of aliphatic imine (C=N–C) groups is 1. The normalized spacial score (nSPS) is 11.6. The summed E-state index contributed by atoms with van der Waals surface area (Å²) in [6.07, 6.45) is 2.38. The van der Waals surface area contributed by atoms with Gasteiger partial charge in [0, 0.05) is 24.9 Å². The fraction of sp³-hybridized carbons (Fsp3) is 0.250. The van der Waals surface area contributed by atoms with Crippen LogP contribution in [0.5, 0.6) is 0 Å². The number of nitrogens with one attached hydrogen (secondary N) is 1. The number of nitrogens with two attached hydrogens (primary N) is 1. The predicted molar refractivity (Wildman–Crippen MR) is 106 cm³/mol. The van der Waals surface area contributed by atoms with Crippen molar-refractivity contribution in [2.75, 3.05) is 18.8 Å². The van der Waals surface area contributed by atoms with Crippen molar-refractivity contribution in [1.29, 1.82) is 0 Å². The van der Waals surface area contributed by atoms with Gasteiger partial charge < -0.3 is 11.1 Å². The van der Waals surface area contributed by atoms with E-state index >= 15 is 0 Å². The van der Waals surface area contributed by atoms with Gasteiger partial charge in [-0.25, -0.2) is 12.8 Å². The van der Waals surface area contributed by atoms with Crippen LogP contribution in [0.2, 0.25) is 0 Å². The minimum Gasteiger partial charge on any atom is -0.370 e. The van der Waals surface area contributed by atoms with Crippen molar-refractivity contribution in [3.8, 4) is 0 Å². The first-order chi connectivity index (χ1) is 11.5. The zero-order chi connectivity index (χ0) is 17.4. The van der Waals surface area contributed by atoms with Crippen LogP contribution in [0.4, 0.5) is 4.39 Å². The Morgan fingerprint density at radius 3 is 2.60 bits per heavy atom. The number of halogens is 2. The summed E-state index contributed by atoms with van der Waals surface area (Å²) in [6.45, 7) is 0.492. The van der Waals surface area contributed by atoms with E-state index in [-0.39, 0.29) is 47.1 Å². The van der Waals surface area contributed by atoms with Gasteiger partial charge in [0.05, 0.1) is 12.3 Å². The molecule has 0 radical (unpaired) electrons. The Morgan fingerprint density at radius 2 is 1.92 bits per heavy atom. The number of hydrogen-bond donors (Lipinski definition) is 2. The summed E-state index contributed by atoms with van der Waals surface area (Å²) in [4.78, 5) is 7.82. The van der Waals surface area contributed by atoms with E-state index in [4.69, 9.17) is 5.73 Å². The Balaban J connectivity index is 0.00000312. The average Bonchev–Trinajstić information content (AvgIpc) is 2.56. The number of nitrogens with zero attached hydrogens (tertiary/aromatic N) is 2. The smallest absolute Gasteiger partial charge is 0.188 e. The van der Waals surface area contributed by atoms with E-state index in [0.29, 0.717) is 13.0 Å². The van der Waals surface area contributed by atoms with Gasteiger partial charge in [-0.2, -0.15) is 0 Å². The van der Waals surface area contributed by atoms with Crippen molar-refractivity contribution in [1.82, 2.24) is 10.3 Å². The summed E-state index contributed by atoms with van der Waals surface area (Å²) >= 11 is 0. The quantitative estimate of drug-likeness (QED) is 0.359. The van der Waals surface area contributed by atoms with Crippen LogP contribution in [0, 0.1) is 5.82 Å². The topological polar surface area (TPSA) is 97.4 Å². The Labute approximate surface area is 163 Å². The standard InChI is InChI=1S/C16H19FN4O2S.HI/c17-14-6-1-2-7-15(14)24(22,23)12-11-21-16(18)20-10-8-13-5-3-4-9-19-13;/h1-7,9H,8,10-12H2,(H3,18,20,21);1H. The minimum absolute atomic E-state index is 0. The van der Waals surface area contributed by atoms with E-state index in [1.807, 2.05) is 18.2 Å². The number of aromatic nitrogens is 1. The van der Waals surface area contributed by atoms with E-state index in [1.54, 1.807) is 6.20 Å². The maximum Gasteiger partial charge on any atom is 0.188 e. The fourth-order valence-corrected chi connectivity index (χ4v) is 3.22. The van der Waals surface area contributed by atoms with E-state index in [1.165, 1.54) is 18.2 Å². The minimum atomic E-state index is -3.73. The molecule has 0 saturated carbocycles. The number of rotatable bonds is 7. The number of sulfone groups is 1. The van der Waals surface area contributed by atoms with Crippen molar-refractivity contribution < 1.29 is 12.8 Å². The largest absolute Gasteiger partial charge is 0.370 e. The molecular weight excluding hydrogens is 458 g/mol. The van der Waals surface area contributed by atoms with Crippen LogP contribution in [0.25, 0.3) is 0 Å². The molecule has 0 spiro atoms. The lowest BCUT2D eigenvalue weighted by molar-refractivity contribution is 0.567. The first-order valence-electron chi connectivity index (χ1n) is 7.40. The third kappa shape index (κ3) is 6.94. The molecule has 2 rings (SSSR count). The lowest BCUT2D eigenvalue weighted by Gasteiger charge is -2.06. The molecule has 25 heavy (non-hydrogen) atoms. The van der Waals surface area contributed by atoms with E-state index < -0.39 is 15.7 Å². The molecule has 9 heteroatoms. The molecule has 6 nitrogen and oxygen atoms in total. The van der Waals surface area contributed by atoms with Crippen molar-refractivity contribution in [2.24, 2.45) is 10.7 Å². The second-order valence-corrected chi connectivity index (χ2v) is 7.09. The second-order valence-electron chi connectivity index (χ2n) is 5.01. The second kappa shape index (κ2) is 10.3. The molecular formula is C16H20FIN4O2S. The third-order valence-corrected chi connectivity index (χ3v) is 4.95. The Morgan fingerprint density at radius 1 is 1.20 bits per heavy atom. The van der Waals surface area contributed by atoms with Crippen LogP contribution in [-0.4, -0.2) is 38.2 Å². The first-order valence-corrected chi connectivity index (χ1v) is 9.05. The van der Waals surface area contributed by atoms with Crippen LogP contribution in [-0.2, 0) is 16.3 Å². The first kappa shape index (κ1) is 21.3. The molecule has 0 amide bonds. The molecule has 0 atom stereocenters. The van der Waals surface area contributed by atoms with Gasteiger partial charge in [-0.05, 0) is 24.3 Å². The molecule has 0 aliphatic carbocycles. The molecule has 0 saturated heterocycles. The van der Waals surface area contributed by atoms with Gasteiger partial charge in [0.25, 0.3) is 0 Å². The lowest BCUT2D eigenvalue weighted by atomic mass is 10.3. The molecule has 3 N–H and O–H groups in total. The highest BCUT2D eigenvalue weighted by atomic mass is 127. The van der Waals surface area contributed by atoms with Crippen molar-refractivity contribution in [2.45, 2.75) is 11.3 Å². The summed E-state index contributed by atoms with van der Waals surface area (Å²) in [7, 11) is -3.73. The monoisotopic (exact) mass is 478 g/mol. The molecule has 0 unspecified atom stereocenters. The van der Waals surface area contributed by atoms with Crippen LogP contribution >= 0.6 is 24.0 Å². The number of pyridine rings is 1. The van der Waals surface area contributed by atoms with Crippen molar-refractivity contribution >= 4 is 39.8 Å². The van der Waals surface area contributed by atoms with E-state index in [0.717, 1.165) is 11.8 Å². The number of benzene rings is 1. The maximum atomic E-state index is 13.5. The summed E-state index contributed by atoms with van der Waals surface area (Å²) < 4.78 is 37.7. The Hall–Kier alpha value is -1.75. The number of guanidine groups is 1. The van der Waals surface area contributed by atoms with E-state index in [2.05, 4.69) is 15.3 Å². The summed E-state index contributed by atoms with van der Waals surface area (Å²) in [5.41, 5.74) is 6.60. The van der Waals surface area contributed by atoms with Gasteiger partial charge in [-0.15, -0.1) is 24.0 Å². The van der Waals surface area contributed by atoms with E-state index in [9.17, 15) is 12.8 Å². The molecule has 1 aromatic carbocycles. The highest BCUT2D eigenvalue weighted by Crippen LogP contribution is 2.14. The van der Waals surface area contributed by atoms with Crippen LogP contribution < -0.4 is 11.1 Å². The van der Waals surface area contributed by atoms with Crippen LogP contribution in [0.1, 0.15) is 5.69 Å². The predicted octanol–water partition coefficient (Wildman–Crippen LogP) is 1.76. The fourth-order valence-electron chi connectivity index (χ4n) is 2.01. The van der Waals surface area contributed by atoms with Gasteiger partial charge in [0.1, 0.15) is 10.7 Å². The maximum absolute atomic E-state index is 13.5. The highest BCUT2D eigenvalue weighted by molar-refractivity contribution is 14.0. The highest BCUT2D eigenvalue weighted by Gasteiger charge is 2.17. The molecule has 0 aliphatic rings. The average molecular weight is 478 g/mol. The zero-order valence-electron chi connectivity index (χ0n) is 13.4. The zero-order valence-corrected chi connectivity index (χ0v) is 16.6. The van der Waals surface area contributed by atoms with Gasteiger partial charge >= 0.3 is 0 Å². The molecule has 0 fully saturated rings. The summed E-state index contributed by atoms with van der Waals surface area (Å²) in [5.74, 6) is -0.922. The summed E-state index contributed by atoms with van der Waals surface area (Å²) in [5, 5.41) is 2.89. The Kier molecular flexibility index (Phi) is 8.76. The molecule has 0 aliphatic heterocycles. The third-order valence-electron chi connectivity index (χ3n) is 3.23. The van der Waals surface area contributed by atoms with Gasteiger partial charge in [-0.3, -0.25) is 9.98 Å². The molecule has 1 aromatic heterocycles. The van der Waals surface area contributed by atoms with Crippen molar-refractivity contribution in [3.05, 3.63) is 60.2 Å². The lowest BCUT2D eigenvalue weighted by Crippen LogP contribution is -2.33.